The van der Waals surface area contributed by atoms with Gasteiger partial charge < -0.3 is 14.8 Å². The number of carbonyl (C=O) groups is 2. The van der Waals surface area contributed by atoms with Crippen LogP contribution in [0.5, 0.6) is 11.6 Å². The first-order valence-corrected chi connectivity index (χ1v) is 7.33. The molecule has 0 bridgehead atoms. The molecule has 0 aliphatic heterocycles. The first-order valence-electron chi connectivity index (χ1n) is 7.33. The number of esters is 1. The van der Waals surface area contributed by atoms with Gasteiger partial charge in [-0.1, -0.05) is 0 Å². The van der Waals surface area contributed by atoms with Gasteiger partial charge in [-0.05, 0) is 37.3 Å². The van der Waals surface area contributed by atoms with Gasteiger partial charge in [0.05, 0.1) is 5.56 Å². The van der Waals surface area contributed by atoms with E-state index in [9.17, 15) is 18.4 Å². The van der Waals surface area contributed by atoms with E-state index in [2.05, 4.69) is 10.3 Å². The third-order valence-electron chi connectivity index (χ3n) is 2.98. The molecule has 1 aromatic carbocycles. The fraction of sp³-hybridized carbons (Fsp3) is 0.235. The molecule has 0 aliphatic rings. The minimum Gasteiger partial charge on any atom is -0.472 e. The highest BCUT2D eigenvalue weighted by Crippen LogP contribution is 2.24. The van der Waals surface area contributed by atoms with E-state index < -0.39 is 19.0 Å². The Labute approximate surface area is 142 Å². The molecule has 2 aromatic rings. The van der Waals surface area contributed by atoms with Gasteiger partial charge in [-0.3, -0.25) is 9.59 Å². The Morgan fingerprint density at radius 1 is 1.12 bits per heavy atom. The van der Waals surface area contributed by atoms with E-state index in [1.807, 2.05) is 0 Å². The van der Waals surface area contributed by atoms with E-state index in [4.69, 9.17) is 9.47 Å². The largest absolute Gasteiger partial charge is 0.472 e. The first kappa shape index (κ1) is 18.3. The number of benzene rings is 1. The van der Waals surface area contributed by atoms with Crippen molar-refractivity contribution in [2.45, 2.75) is 20.3 Å². The number of nitrogens with one attached hydrogen (secondary N) is 1. The lowest BCUT2D eigenvalue weighted by atomic mass is 10.2. The molecule has 0 atom stereocenters. The van der Waals surface area contributed by atoms with Gasteiger partial charge in [0.15, 0.2) is 12.4 Å². The third kappa shape index (κ3) is 5.52. The van der Waals surface area contributed by atoms with Crippen LogP contribution in [0, 0.1) is 0 Å². The van der Waals surface area contributed by atoms with Crippen LogP contribution >= 0.6 is 0 Å². The van der Waals surface area contributed by atoms with Crippen LogP contribution in [0.15, 0.2) is 36.4 Å². The summed E-state index contributed by atoms with van der Waals surface area (Å²) in [6.07, 6.45) is -2.63. The van der Waals surface area contributed by atoms with Crippen LogP contribution < -0.4 is 14.8 Å². The molecule has 6 nitrogen and oxygen atoms in total. The lowest BCUT2D eigenvalue weighted by Crippen LogP contribution is -2.10. The molecule has 0 radical (unpaired) electrons. The van der Waals surface area contributed by atoms with Crippen LogP contribution in [-0.2, 0) is 4.79 Å². The van der Waals surface area contributed by atoms with Gasteiger partial charge in [0.1, 0.15) is 11.6 Å². The van der Waals surface area contributed by atoms with E-state index in [1.165, 1.54) is 26.0 Å². The SMILES string of the molecule is CC(=O)Oc1ccc(Nc2nc(OCC(F)F)ccc2C(C)=O)cc1. The monoisotopic (exact) mass is 350 g/mol. The number of ketones is 1. The highest BCUT2D eigenvalue weighted by Gasteiger charge is 2.12. The van der Waals surface area contributed by atoms with Gasteiger partial charge in [0.25, 0.3) is 6.43 Å². The maximum absolute atomic E-state index is 12.2. The zero-order chi connectivity index (χ0) is 18.4. The second-order valence-electron chi connectivity index (χ2n) is 5.05. The second-order valence-corrected chi connectivity index (χ2v) is 5.05. The van der Waals surface area contributed by atoms with Crippen molar-refractivity contribution in [2.24, 2.45) is 0 Å². The summed E-state index contributed by atoms with van der Waals surface area (Å²) in [6.45, 7) is 1.87. The van der Waals surface area contributed by atoms with Gasteiger partial charge in [-0.25, -0.2) is 8.78 Å². The van der Waals surface area contributed by atoms with Crippen LogP contribution in [0.2, 0.25) is 0 Å². The molecule has 0 fully saturated rings. The maximum Gasteiger partial charge on any atom is 0.308 e. The number of nitrogens with zero attached hydrogens (tertiary/aromatic N) is 1. The highest BCUT2D eigenvalue weighted by molar-refractivity contribution is 5.99. The second kappa shape index (κ2) is 8.18. The summed E-state index contributed by atoms with van der Waals surface area (Å²) in [4.78, 5) is 26.7. The van der Waals surface area contributed by atoms with Crippen LogP contribution in [0.4, 0.5) is 20.3 Å². The number of carbonyl (C=O) groups excluding carboxylic acids is 2. The molecule has 2 rings (SSSR count). The summed E-state index contributed by atoms with van der Waals surface area (Å²) >= 11 is 0. The van der Waals surface area contributed by atoms with Gasteiger partial charge >= 0.3 is 5.97 Å². The summed E-state index contributed by atoms with van der Waals surface area (Å²) in [5, 5.41) is 2.92. The molecule has 8 heteroatoms. The Morgan fingerprint density at radius 2 is 1.80 bits per heavy atom. The van der Waals surface area contributed by atoms with E-state index in [1.54, 1.807) is 24.3 Å². The minimum absolute atomic E-state index is 0.0238. The summed E-state index contributed by atoms with van der Waals surface area (Å²) in [7, 11) is 0. The number of alkyl halides is 2. The molecule has 1 N–H and O–H groups in total. The zero-order valence-electron chi connectivity index (χ0n) is 13.6. The minimum atomic E-state index is -2.63. The van der Waals surface area contributed by atoms with Gasteiger partial charge in [0.2, 0.25) is 5.88 Å². The molecule has 132 valence electrons. The molecule has 0 aliphatic carbocycles. The topological polar surface area (TPSA) is 77.5 Å². The number of hydrogen-bond donors (Lipinski definition) is 1. The van der Waals surface area contributed by atoms with Gasteiger partial charge in [-0.2, -0.15) is 4.98 Å². The number of rotatable bonds is 7. The van der Waals surface area contributed by atoms with E-state index in [0.717, 1.165) is 0 Å². The standard InChI is InChI=1S/C17H16F2N2O4/c1-10(22)14-7-8-16(24-9-15(18)19)21-17(14)20-12-3-5-13(6-4-12)25-11(2)23/h3-8,15H,9H2,1-2H3,(H,20,21). The summed E-state index contributed by atoms with van der Waals surface area (Å²) in [6, 6.07) is 9.18. The molecule has 25 heavy (non-hydrogen) atoms. The predicted octanol–water partition coefficient (Wildman–Crippen LogP) is 3.60. The van der Waals surface area contributed by atoms with E-state index >= 15 is 0 Å². The number of halogens is 2. The average Bonchev–Trinajstić information content (AvgIpc) is 2.54. The number of ether oxygens (including phenoxy) is 2. The normalized spacial score (nSPS) is 10.4. The van der Waals surface area contributed by atoms with Crippen molar-refractivity contribution in [3.8, 4) is 11.6 Å². The zero-order valence-corrected chi connectivity index (χ0v) is 13.6. The summed E-state index contributed by atoms with van der Waals surface area (Å²) < 4.78 is 34.3. The Bertz CT molecular complexity index is 764. The molecule has 0 spiro atoms. The van der Waals surface area contributed by atoms with Gasteiger partial charge in [-0.15, -0.1) is 0 Å². The van der Waals surface area contributed by atoms with Crippen molar-refractivity contribution < 1.29 is 27.8 Å². The number of aromatic nitrogens is 1. The van der Waals surface area contributed by atoms with Crippen molar-refractivity contribution >= 4 is 23.3 Å². The fourth-order valence-corrected chi connectivity index (χ4v) is 1.96. The quantitative estimate of drug-likeness (QED) is 0.467. The van der Waals surface area contributed by atoms with Crippen molar-refractivity contribution in [3.63, 3.8) is 0 Å². The molecule has 0 unspecified atom stereocenters. The fourth-order valence-electron chi connectivity index (χ4n) is 1.96. The van der Waals surface area contributed by atoms with E-state index in [-0.39, 0.29) is 23.0 Å². The lowest BCUT2D eigenvalue weighted by molar-refractivity contribution is -0.131. The van der Waals surface area contributed by atoms with Gasteiger partial charge in [0, 0.05) is 18.7 Å². The molecule has 0 amide bonds. The smallest absolute Gasteiger partial charge is 0.308 e. The average molecular weight is 350 g/mol. The Kier molecular flexibility index (Phi) is 5.99. The molecular formula is C17H16F2N2O4. The van der Waals surface area contributed by atoms with Crippen LogP contribution in [0.1, 0.15) is 24.2 Å². The Morgan fingerprint density at radius 3 is 2.36 bits per heavy atom. The maximum atomic E-state index is 12.2. The number of hydrogen-bond acceptors (Lipinski definition) is 6. The third-order valence-corrected chi connectivity index (χ3v) is 2.98. The molecule has 1 heterocycles. The van der Waals surface area contributed by atoms with Crippen molar-refractivity contribution in [3.05, 3.63) is 42.0 Å². The molecule has 1 aromatic heterocycles. The van der Waals surface area contributed by atoms with Crippen LogP contribution in [0.25, 0.3) is 0 Å². The lowest BCUT2D eigenvalue weighted by Gasteiger charge is -2.12. The number of Topliss-reactive ketones (excluding diaryl/α,β-unsaturated/α-hetero) is 1. The molecular weight excluding hydrogens is 334 g/mol. The first-order chi connectivity index (χ1) is 11.8. The van der Waals surface area contributed by atoms with Crippen molar-refractivity contribution in [1.29, 1.82) is 0 Å². The predicted molar refractivity (Wildman–Crippen MR) is 86.8 cm³/mol. The summed E-state index contributed by atoms with van der Waals surface area (Å²) in [5.74, 6) is -0.160. The Balaban J connectivity index is 2.21. The van der Waals surface area contributed by atoms with Crippen molar-refractivity contribution in [2.75, 3.05) is 11.9 Å². The molecule has 0 saturated heterocycles. The van der Waals surface area contributed by atoms with E-state index in [0.29, 0.717) is 11.4 Å². The van der Waals surface area contributed by atoms with Crippen LogP contribution in [0.3, 0.4) is 0 Å². The summed E-state index contributed by atoms with van der Waals surface area (Å²) in [5.41, 5.74) is 0.852. The number of pyridine rings is 1. The Hall–Kier alpha value is -3.03. The highest BCUT2D eigenvalue weighted by atomic mass is 19.3. The van der Waals surface area contributed by atoms with Crippen molar-refractivity contribution in [1.82, 2.24) is 4.98 Å². The van der Waals surface area contributed by atoms with Crippen LogP contribution in [-0.4, -0.2) is 29.8 Å². The number of anilines is 2. The molecule has 0 saturated carbocycles.